The average molecular weight is 338 g/mol. The number of unbranched alkanes of at least 4 members (excludes halogenated alkanes) is 1. The van der Waals surface area contributed by atoms with Crippen molar-refractivity contribution in [2.75, 3.05) is 24.6 Å². The topological polar surface area (TPSA) is 92.1 Å². The van der Waals surface area contributed by atoms with Gasteiger partial charge in [0.15, 0.2) is 0 Å². The number of likely N-dealkylation sites (tertiary alicyclic amines) is 1. The minimum Gasteiger partial charge on any atom is -0.364 e. The number of piperidine rings is 1. The SMILES string of the molecule is CCCCSCCC(=O)N1CCC[C@H](c2cc(C(N)=O)n[nH]2)C1. The largest absolute Gasteiger partial charge is 0.364 e. The Hall–Kier alpha value is -1.50. The summed E-state index contributed by atoms with van der Waals surface area (Å²) in [6.45, 7) is 3.70. The predicted molar refractivity (Wildman–Crippen MR) is 92.5 cm³/mol. The summed E-state index contributed by atoms with van der Waals surface area (Å²) in [5.41, 5.74) is 6.39. The van der Waals surface area contributed by atoms with Gasteiger partial charge in [-0.25, -0.2) is 0 Å². The number of carbonyl (C=O) groups excluding carboxylic acids is 2. The fourth-order valence-electron chi connectivity index (χ4n) is 2.80. The van der Waals surface area contributed by atoms with Crippen LogP contribution in [-0.2, 0) is 4.79 Å². The third-order valence-electron chi connectivity index (χ3n) is 4.17. The van der Waals surface area contributed by atoms with Gasteiger partial charge in [-0.15, -0.1) is 0 Å². The zero-order valence-electron chi connectivity index (χ0n) is 13.7. The van der Waals surface area contributed by atoms with E-state index in [-0.39, 0.29) is 17.5 Å². The number of H-pyrrole nitrogens is 1. The van der Waals surface area contributed by atoms with Gasteiger partial charge in [0, 0.05) is 36.9 Å². The number of aromatic amines is 1. The van der Waals surface area contributed by atoms with Gasteiger partial charge in [0.25, 0.3) is 5.91 Å². The molecule has 0 unspecified atom stereocenters. The number of nitrogens with two attached hydrogens (primary N) is 1. The van der Waals surface area contributed by atoms with Crippen molar-refractivity contribution in [2.24, 2.45) is 5.73 Å². The van der Waals surface area contributed by atoms with Crippen molar-refractivity contribution in [3.05, 3.63) is 17.5 Å². The van der Waals surface area contributed by atoms with Crippen molar-refractivity contribution < 1.29 is 9.59 Å². The van der Waals surface area contributed by atoms with Crippen LogP contribution in [0.25, 0.3) is 0 Å². The second kappa shape index (κ2) is 8.96. The van der Waals surface area contributed by atoms with Gasteiger partial charge < -0.3 is 10.6 Å². The Morgan fingerprint density at radius 3 is 3.00 bits per heavy atom. The minimum atomic E-state index is -0.527. The number of hydrogen-bond donors (Lipinski definition) is 2. The van der Waals surface area contributed by atoms with E-state index in [1.54, 1.807) is 6.07 Å². The molecular weight excluding hydrogens is 312 g/mol. The molecule has 23 heavy (non-hydrogen) atoms. The van der Waals surface area contributed by atoms with Crippen molar-refractivity contribution in [3.8, 4) is 0 Å². The number of amides is 2. The first-order valence-corrected chi connectivity index (χ1v) is 9.48. The summed E-state index contributed by atoms with van der Waals surface area (Å²) in [4.78, 5) is 25.4. The first-order valence-electron chi connectivity index (χ1n) is 8.32. The van der Waals surface area contributed by atoms with Crippen LogP contribution >= 0.6 is 11.8 Å². The summed E-state index contributed by atoms with van der Waals surface area (Å²) < 4.78 is 0. The van der Waals surface area contributed by atoms with Crippen LogP contribution in [0.2, 0.25) is 0 Å². The Bertz CT molecular complexity index is 532. The zero-order chi connectivity index (χ0) is 16.7. The number of thioether (sulfide) groups is 1. The monoisotopic (exact) mass is 338 g/mol. The van der Waals surface area contributed by atoms with Crippen LogP contribution in [0.15, 0.2) is 6.07 Å². The molecule has 1 fully saturated rings. The number of primary amides is 1. The second-order valence-corrected chi connectivity index (χ2v) is 7.19. The molecular formula is C16H26N4O2S. The summed E-state index contributed by atoms with van der Waals surface area (Å²) in [7, 11) is 0. The highest BCUT2D eigenvalue weighted by Crippen LogP contribution is 2.26. The maximum absolute atomic E-state index is 12.3. The molecule has 6 nitrogen and oxygen atoms in total. The Balaban J connectivity index is 1.82. The lowest BCUT2D eigenvalue weighted by Gasteiger charge is -2.32. The van der Waals surface area contributed by atoms with Crippen LogP contribution in [0.4, 0.5) is 0 Å². The minimum absolute atomic E-state index is 0.209. The Morgan fingerprint density at radius 2 is 2.30 bits per heavy atom. The summed E-state index contributed by atoms with van der Waals surface area (Å²) in [5, 5.41) is 6.82. The Morgan fingerprint density at radius 1 is 1.48 bits per heavy atom. The van der Waals surface area contributed by atoms with Crippen LogP contribution < -0.4 is 5.73 Å². The van der Waals surface area contributed by atoms with E-state index in [0.717, 1.165) is 36.6 Å². The molecule has 1 aromatic heterocycles. The zero-order valence-corrected chi connectivity index (χ0v) is 14.5. The molecule has 1 atom stereocenters. The van der Waals surface area contributed by atoms with Gasteiger partial charge in [0.1, 0.15) is 5.69 Å². The van der Waals surface area contributed by atoms with Crippen LogP contribution in [-0.4, -0.2) is 51.5 Å². The number of aromatic nitrogens is 2. The summed E-state index contributed by atoms with van der Waals surface area (Å²) in [5.74, 6) is 1.95. The summed E-state index contributed by atoms with van der Waals surface area (Å²) in [6, 6.07) is 1.71. The summed E-state index contributed by atoms with van der Waals surface area (Å²) >= 11 is 1.86. The number of carbonyl (C=O) groups is 2. The van der Waals surface area contributed by atoms with E-state index in [4.69, 9.17) is 5.73 Å². The first kappa shape index (κ1) is 17.8. The van der Waals surface area contributed by atoms with Gasteiger partial charge in [-0.1, -0.05) is 13.3 Å². The molecule has 2 rings (SSSR count). The molecule has 128 valence electrons. The van der Waals surface area contributed by atoms with Crippen molar-refractivity contribution in [2.45, 2.75) is 44.9 Å². The number of hydrogen-bond acceptors (Lipinski definition) is 4. The van der Waals surface area contributed by atoms with E-state index in [2.05, 4.69) is 17.1 Å². The van der Waals surface area contributed by atoms with E-state index in [9.17, 15) is 9.59 Å². The molecule has 0 spiro atoms. The van der Waals surface area contributed by atoms with Crippen LogP contribution in [0.3, 0.4) is 0 Å². The quantitative estimate of drug-likeness (QED) is 0.710. The average Bonchev–Trinajstić information content (AvgIpc) is 3.05. The molecule has 1 aromatic rings. The molecule has 0 radical (unpaired) electrons. The Kier molecular flexibility index (Phi) is 6.95. The maximum Gasteiger partial charge on any atom is 0.269 e. The third-order valence-corrected chi connectivity index (χ3v) is 5.24. The van der Waals surface area contributed by atoms with E-state index < -0.39 is 5.91 Å². The van der Waals surface area contributed by atoms with Gasteiger partial charge in [-0.05, 0) is 31.1 Å². The molecule has 3 N–H and O–H groups in total. The molecule has 1 aliphatic heterocycles. The molecule has 0 aliphatic carbocycles. The first-order chi connectivity index (χ1) is 11.1. The van der Waals surface area contributed by atoms with Crippen LogP contribution in [0.5, 0.6) is 0 Å². The van der Waals surface area contributed by atoms with E-state index >= 15 is 0 Å². The molecule has 0 aromatic carbocycles. The number of rotatable bonds is 8. The van der Waals surface area contributed by atoms with Crippen LogP contribution in [0, 0.1) is 0 Å². The highest BCUT2D eigenvalue weighted by Gasteiger charge is 2.26. The van der Waals surface area contributed by atoms with Crippen molar-refractivity contribution in [1.82, 2.24) is 15.1 Å². The van der Waals surface area contributed by atoms with Gasteiger partial charge in [0.2, 0.25) is 5.91 Å². The molecule has 0 bridgehead atoms. The van der Waals surface area contributed by atoms with Crippen LogP contribution in [0.1, 0.15) is 61.1 Å². The maximum atomic E-state index is 12.3. The third kappa shape index (κ3) is 5.27. The number of nitrogens with one attached hydrogen (secondary N) is 1. The highest BCUT2D eigenvalue weighted by molar-refractivity contribution is 7.99. The lowest BCUT2D eigenvalue weighted by molar-refractivity contribution is -0.131. The van der Waals surface area contributed by atoms with Gasteiger partial charge in [-0.2, -0.15) is 16.9 Å². The van der Waals surface area contributed by atoms with Gasteiger partial charge in [-0.3, -0.25) is 14.7 Å². The fraction of sp³-hybridized carbons (Fsp3) is 0.688. The Labute approximate surface area is 141 Å². The lowest BCUT2D eigenvalue weighted by atomic mass is 9.94. The molecule has 7 heteroatoms. The van der Waals surface area contributed by atoms with Crippen molar-refractivity contribution >= 4 is 23.6 Å². The van der Waals surface area contributed by atoms with Gasteiger partial charge in [0.05, 0.1) is 0 Å². The lowest BCUT2D eigenvalue weighted by Crippen LogP contribution is -2.39. The predicted octanol–water partition coefficient (Wildman–Crippen LogP) is 2.14. The molecule has 2 amide bonds. The molecule has 1 saturated heterocycles. The molecule has 1 aliphatic rings. The van der Waals surface area contributed by atoms with Gasteiger partial charge >= 0.3 is 0 Å². The summed E-state index contributed by atoms with van der Waals surface area (Å²) in [6.07, 6.45) is 5.00. The molecule has 0 saturated carbocycles. The fourth-order valence-corrected chi connectivity index (χ4v) is 3.81. The van der Waals surface area contributed by atoms with E-state index in [1.165, 1.54) is 12.8 Å². The van der Waals surface area contributed by atoms with E-state index in [1.807, 2.05) is 16.7 Å². The number of nitrogens with zero attached hydrogens (tertiary/aromatic N) is 2. The van der Waals surface area contributed by atoms with E-state index in [0.29, 0.717) is 13.0 Å². The normalized spacial score (nSPS) is 18.1. The second-order valence-electron chi connectivity index (χ2n) is 5.97. The molecule has 2 heterocycles. The smallest absolute Gasteiger partial charge is 0.269 e. The standard InChI is InChI=1S/C16H26N4O2S/c1-2-3-8-23-9-6-15(21)20-7-4-5-12(11-20)13-10-14(16(17)22)19-18-13/h10,12H,2-9,11H2,1H3,(H2,17,22)(H,18,19)/t12-/m0/s1. The van der Waals surface area contributed by atoms with Crippen molar-refractivity contribution in [1.29, 1.82) is 0 Å². The highest BCUT2D eigenvalue weighted by atomic mass is 32.2. The van der Waals surface area contributed by atoms with Crippen molar-refractivity contribution in [3.63, 3.8) is 0 Å².